The van der Waals surface area contributed by atoms with Crippen LogP contribution in [0.4, 0.5) is 0 Å². The zero-order valence-electron chi connectivity index (χ0n) is 15.7. The molecule has 2 aromatic heterocycles. The Morgan fingerprint density at radius 3 is 2.76 bits per heavy atom. The molecule has 3 heterocycles. The Bertz CT molecular complexity index is 1200. The highest BCUT2D eigenvalue weighted by atomic mass is 32.2. The van der Waals surface area contributed by atoms with E-state index in [4.69, 9.17) is 0 Å². The lowest BCUT2D eigenvalue weighted by atomic mass is 10.1. The Balaban J connectivity index is 1.44. The number of hydrogen-bond acceptors (Lipinski definition) is 6. The summed E-state index contributed by atoms with van der Waals surface area (Å²) in [6.45, 7) is 0.334. The SMILES string of the molecule is O=C(Cn1cnc2c(cnn2C2CCS(=O)(=O)C2)c1=O)NCCc1ccccc1. The first kappa shape index (κ1) is 19.3. The monoisotopic (exact) mass is 415 g/mol. The van der Waals surface area contributed by atoms with Crippen molar-refractivity contribution in [3.8, 4) is 0 Å². The molecule has 152 valence electrons. The number of fused-ring (bicyclic) bond motifs is 1. The molecule has 0 aliphatic carbocycles. The molecule has 4 rings (SSSR count). The van der Waals surface area contributed by atoms with Crippen LogP contribution in [0.25, 0.3) is 11.0 Å². The quantitative estimate of drug-likeness (QED) is 0.620. The molecule has 1 aliphatic rings. The van der Waals surface area contributed by atoms with Crippen molar-refractivity contribution in [1.82, 2.24) is 24.6 Å². The molecule has 0 bridgehead atoms. The number of sulfone groups is 1. The summed E-state index contributed by atoms with van der Waals surface area (Å²) in [5.41, 5.74) is 1.09. The van der Waals surface area contributed by atoms with E-state index in [0.717, 1.165) is 5.56 Å². The van der Waals surface area contributed by atoms with Crippen LogP contribution < -0.4 is 10.9 Å². The van der Waals surface area contributed by atoms with Gasteiger partial charge in [-0.25, -0.2) is 18.1 Å². The van der Waals surface area contributed by atoms with E-state index in [9.17, 15) is 18.0 Å². The molecule has 3 aromatic rings. The van der Waals surface area contributed by atoms with Crippen molar-refractivity contribution in [2.45, 2.75) is 25.4 Å². The number of rotatable bonds is 6. The third-order valence-electron chi connectivity index (χ3n) is 5.03. The van der Waals surface area contributed by atoms with Gasteiger partial charge in [-0.2, -0.15) is 5.10 Å². The van der Waals surface area contributed by atoms with Crippen LogP contribution in [0.2, 0.25) is 0 Å². The molecule has 0 saturated carbocycles. The van der Waals surface area contributed by atoms with Gasteiger partial charge in [-0.3, -0.25) is 14.2 Å². The van der Waals surface area contributed by atoms with Gasteiger partial charge in [-0.05, 0) is 18.4 Å². The zero-order chi connectivity index (χ0) is 20.4. The van der Waals surface area contributed by atoms with Crippen LogP contribution in [0, 0.1) is 0 Å². The van der Waals surface area contributed by atoms with Crippen molar-refractivity contribution < 1.29 is 13.2 Å². The van der Waals surface area contributed by atoms with Gasteiger partial charge in [-0.15, -0.1) is 0 Å². The van der Waals surface area contributed by atoms with Crippen LogP contribution >= 0.6 is 0 Å². The van der Waals surface area contributed by atoms with Crippen molar-refractivity contribution in [1.29, 1.82) is 0 Å². The molecular weight excluding hydrogens is 394 g/mol. The summed E-state index contributed by atoms with van der Waals surface area (Å²) in [6.07, 6.45) is 3.85. The molecule has 1 atom stereocenters. The third-order valence-corrected chi connectivity index (χ3v) is 6.78. The van der Waals surface area contributed by atoms with Crippen LogP contribution in [0.1, 0.15) is 18.0 Å². The number of carbonyl (C=O) groups is 1. The number of hydrogen-bond donors (Lipinski definition) is 1. The molecule has 1 amide bonds. The van der Waals surface area contributed by atoms with E-state index in [1.165, 1.54) is 21.8 Å². The number of benzene rings is 1. The fourth-order valence-electron chi connectivity index (χ4n) is 3.52. The van der Waals surface area contributed by atoms with E-state index in [0.29, 0.717) is 25.0 Å². The molecule has 1 aliphatic heterocycles. The lowest BCUT2D eigenvalue weighted by Gasteiger charge is -2.10. The number of amides is 1. The average Bonchev–Trinajstić information content (AvgIpc) is 3.28. The minimum absolute atomic E-state index is 0.00162. The summed E-state index contributed by atoms with van der Waals surface area (Å²) in [5.74, 6) is -0.170. The van der Waals surface area contributed by atoms with E-state index in [-0.39, 0.29) is 40.9 Å². The second-order valence-electron chi connectivity index (χ2n) is 7.15. The second-order valence-corrected chi connectivity index (χ2v) is 9.38. The lowest BCUT2D eigenvalue weighted by Crippen LogP contribution is -2.33. The van der Waals surface area contributed by atoms with Gasteiger partial charge in [-0.1, -0.05) is 30.3 Å². The molecule has 0 radical (unpaired) electrons. The maximum Gasteiger partial charge on any atom is 0.264 e. The first-order chi connectivity index (χ1) is 13.9. The second kappa shape index (κ2) is 7.78. The molecule has 9 nitrogen and oxygen atoms in total. The third kappa shape index (κ3) is 4.21. The highest BCUT2D eigenvalue weighted by Gasteiger charge is 2.31. The van der Waals surface area contributed by atoms with Crippen LogP contribution in [0.5, 0.6) is 0 Å². The summed E-state index contributed by atoms with van der Waals surface area (Å²) in [5, 5.41) is 7.26. The summed E-state index contributed by atoms with van der Waals surface area (Å²) >= 11 is 0. The standard InChI is InChI=1S/C19H21N5O4S/c25-17(20-8-6-14-4-2-1-3-5-14)11-23-13-21-18-16(19(23)26)10-22-24(18)15-7-9-29(27,28)12-15/h1-5,10,13,15H,6-9,11-12H2,(H,20,25). The average molecular weight is 415 g/mol. The van der Waals surface area contributed by atoms with E-state index >= 15 is 0 Å². The largest absolute Gasteiger partial charge is 0.354 e. The van der Waals surface area contributed by atoms with Crippen molar-refractivity contribution >= 4 is 26.8 Å². The molecule has 0 spiro atoms. The minimum Gasteiger partial charge on any atom is -0.354 e. The maximum atomic E-state index is 12.7. The fraction of sp³-hybridized carbons (Fsp3) is 0.368. The Hall–Kier alpha value is -3.01. The molecule has 1 aromatic carbocycles. The maximum absolute atomic E-state index is 12.7. The molecule has 1 N–H and O–H groups in total. The Morgan fingerprint density at radius 2 is 2.03 bits per heavy atom. The van der Waals surface area contributed by atoms with Crippen molar-refractivity contribution in [2.24, 2.45) is 0 Å². The van der Waals surface area contributed by atoms with Crippen molar-refractivity contribution in [2.75, 3.05) is 18.1 Å². The number of nitrogens with one attached hydrogen (secondary N) is 1. The van der Waals surface area contributed by atoms with E-state index < -0.39 is 9.84 Å². The minimum atomic E-state index is -3.08. The van der Waals surface area contributed by atoms with Crippen molar-refractivity contribution in [3.05, 3.63) is 58.8 Å². The summed E-state index contributed by atoms with van der Waals surface area (Å²) in [7, 11) is -3.08. The fourth-order valence-corrected chi connectivity index (χ4v) is 5.21. The Kier molecular flexibility index (Phi) is 5.18. The molecule has 1 unspecified atom stereocenters. The topological polar surface area (TPSA) is 116 Å². The van der Waals surface area contributed by atoms with Crippen molar-refractivity contribution in [3.63, 3.8) is 0 Å². The van der Waals surface area contributed by atoms with Gasteiger partial charge in [0.25, 0.3) is 5.56 Å². The molecule has 1 saturated heterocycles. The van der Waals surface area contributed by atoms with E-state index in [1.54, 1.807) is 0 Å². The summed E-state index contributed by atoms with van der Waals surface area (Å²) < 4.78 is 26.2. The summed E-state index contributed by atoms with van der Waals surface area (Å²) in [4.78, 5) is 29.1. The predicted molar refractivity (Wildman–Crippen MR) is 107 cm³/mol. The van der Waals surface area contributed by atoms with Crippen LogP contribution in [-0.2, 0) is 27.6 Å². The lowest BCUT2D eigenvalue weighted by molar-refractivity contribution is -0.121. The van der Waals surface area contributed by atoms with Gasteiger partial charge in [0.2, 0.25) is 5.91 Å². The molecule has 29 heavy (non-hydrogen) atoms. The van der Waals surface area contributed by atoms with Crippen LogP contribution in [0.3, 0.4) is 0 Å². The number of aromatic nitrogens is 4. The normalized spacial score (nSPS) is 18.1. The first-order valence-corrected chi connectivity index (χ1v) is 11.2. The smallest absolute Gasteiger partial charge is 0.264 e. The van der Waals surface area contributed by atoms with Gasteiger partial charge >= 0.3 is 0 Å². The van der Waals surface area contributed by atoms with Gasteiger partial charge in [0.15, 0.2) is 15.5 Å². The first-order valence-electron chi connectivity index (χ1n) is 9.37. The van der Waals surface area contributed by atoms with Gasteiger partial charge in [0.05, 0.1) is 23.7 Å². The highest BCUT2D eigenvalue weighted by Crippen LogP contribution is 2.25. The Labute approximate surface area is 167 Å². The van der Waals surface area contributed by atoms with Gasteiger partial charge < -0.3 is 5.32 Å². The summed E-state index contributed by atoms with van der Waals surface area (Å²) in [6, 6.07) is 9.48. The Morgan fingerprint density at radius 1 is 1.24 bits per heavy atom. The molecule has 1 fully saturated rings. The van der Waals surface area contributed by atoms with Crippen LogP contribution in [0.15, 0.2) is 47.7 Å². The molecule has 10 heteroatoms. The number of nitrogens with zero attached hydrogens (tertiary/aromatic N) is 4. The predicted octanol–water partition coefficient (Wildman–Crippen LogP) is 0.312. The number of carbonyl (C=O) groups excluding carboxylic acids is 1. The van der Waals surface area contributed by atoms with Gasteiger partial charge in [0.1, 0.15) is 18.3 Å². The zero-order valence-corrected chi connectivity index (χ0v) is 16.5. The van der Waals surface area contributed by atoms with Gasteiger partial charge in [0, 0.05) is 6.54 Å². The van der Waals surface area contributed by atoms with Crippen LogP contribution in [-0.4, -0.2) is 51.7 Å². The van der Waals surface area contributed by atoms with E-state index in [1.807, 2.05) is 30.3 Å². The molecular formula is C19H21N5O4S. The van der Waals surface area contributed by atoms with E-state index in [2.05, 4.69) is 15.4 Å². The highest BCUT2D eigenvalue weighted by molar-refractivity contribution is 7.91.